The fourth-order valence-corrected chi connectivity index (χ4v) is 4.94. The number of sulfonamides is 1. The van der Waals surface area contributed by atoms with E-state index in [0.717, 1.165) is 18.2 Å². The van der Waals surface area contributed by atoms with Crippen LogP contribution in [0.25, 0.3) is 0 Å². The molecule has 1 amide bonds. The lowest BCUT2D eigenvalue weighted by Crippen LogP contribution is -2.45. The molecule has 2 rings (SSSR count). The molecule has 0 fully saturated rings. The summed E-state index contributed by atoms with van der Waals surface area (Å²) in [6.45, 7) is 10.6. The van der Waals surface area contributed by atoms with Crippen LogP contribution in [-0.2, 0) is 16.6 Å². The van der Waals surface area contributed by atoms with E-state index in [0.29, 0.717) is 22.7 Å². The summed E-state index contributed by atoms with van der Waals surface area (Å²) in [5.74, 6) is 0.795. The fraction of sp³-hybridized carbons (Fsp3) is 0.480. The Kier molecular flexibility index (Phi) is 8.06. The van der Waals surface area contributed by atoms with Crippen LogP contribution >= 0.6 is 0 Å². The highest BCUT2D eigenvalue weighted by atomic mass is 32.2. The van der Waals surface area contributed by atoms with E-state index in [-0.39, 0.29) is 23.4 Å². The molecule has 0 unspecified atom stereocenters. The van der Waals surface area contributed by atoms with Crippen molar-refractivity contribution in [2.45, 2.75) is 53.1 Å². The third kappa shape index (κ3) is 7.67. The van der Waals surface area contributed by atoms with Gasteiger partial charge in [-0.1, -0.05) is 32.9 Å². The van der Waals surface area contributed by atoms with Crippen molar-refractivity contribution in [3.63, 3.8) is 0 Å². The van der Waals surface area contributed by atoms with Crippen molar-refractivity contribution in [2.24, 2.45) is 5.41 Å². The zero-order chi connectivity index (χ0) is 25.0. The summed E-state index contributed by atoms with van der Waals surface area (Å²) in [4.78, 5) is 12.7. The quantitative estimate of drug-likeness (QED) is 0.571. The Hall–Kier alpha value is -2.74. The molecule has 0 saturated heterocycles. The van der Waals surface area contributed by atoms with E-state index < -0.39 is 10.0 Å². The van der Waals surface area contributed by atoms with Crippen molar-refractivity contribution >= 4 is 21.6 Å². The summed E-state index contributed by atoms with van der Waals surface area (Å²) in [7, 11) is -0.550. The molecule has 0 aromatic heterocycles. The largest absolute Gasteiger partial charge is 0.493 e. The van der Waals surface area contributed by atoms with E-state index in [4.69, 9.17) is 9.47 Å². The number of hydrogen-bond acceptors (Lipinski definition) is 5. The van der Waals surface area contributed by atoms with Gasteiger partial charge in [-0.15, -0.1) is 0 Å². The van der Waals surface area contributed by atoms with E-state index in [9.17, 15) is 13.2 Å². The topological polar surface area (TPSA) is 84.9 Å². The molecule has 2 aromatic carbocycles. The number of ether oxygens (including phenoxy) is 2. The molecule has 7 nitrogen and oxygen atoms in total. The molecule has 182 valence electrons. The average molecular weight is 477 g/mol. The Bertz CT molecular complexity index is 1070. The van der Waals surface area contributed by atoms with E-state index in [1.54, 1.807) is 42.5 Å². The van der Waals surface area contributed by atoms with Crippen molar-refractivity contribution < 1.29 is 22.7 Å². The monoisotopic (exact) mass is 476 g/mol. The normalized spacial score (nSPS) is 12.2. The summed E-state index contributed by atoms with van der Waals surface area (Å²) >= 11 is 0. The molecule has 33 heavy (non-hydrogen) atoms. The summed E-state index contributed by atoms with van der Waals surface area (Å²) in [5, 5.41) is 3.09. The van der Waals surface area contributed by atoms with Gasteiger partial charge in [0, 0.05) is 17.2 Å². The van der Waals surface area contributed by atoms with Gasteiger partial charge in [-0.2, -0.15) is 0 Å². The number of carbonyl (C=O) groups excluding carboxylic acids is 1. The Morgan fingerprint density at radius 2 is 1.52 bits per heavy atom. The molecule has 0 spiro atoms. The Morgan fingerprint density at radius 1 is 0.939 bits per heavy atom. The Labute approximate surface area is 198 Å². The van der Waals surface area contributed by atoms with Gasteiger partial charge in [-0.3, -0.25) is 9.10 Å². The van der Waals surface area contributed by atoms with Gasteiger partial charge in [-0.05, 0) is 55.5 Å². The highest BCUT2D eigenvalue weighted by Crippen LogP contribution is 2.33. The molecule has 0 saturated carbocycles. The lowest BCUT2D eigenvalue weighted by Gasteiger charge is -2.33. The third-order valence-electron chi connectivity index (χ3n) is 5.02. The molecule has 0 bridgehead atoms. The van der Waals surface area contributed by atoms with Gasteiger partial charge >= 0.3 is 0 Å². The number of methoxy groups -OCH3 is 2. The summed E-state index contributed by atoms with van der Waals surface area (Å²) in [6.07, 6.45) is 1.99. The first-order valence-electron chi connectivity index (χ1n) is 10.8. The first-order valence-corrected chi connectivity index (χ1v) is 12.6. The van der Waals surface area contributed by atoms with Gasteiger partial charge < -0.3 is 14.8 Å². The molecule has 0 aliphatic heterocycles. The van der Waals surface area contributed by atoms with Crippen LogP contribution in [-0.4, -0.2) is 40.3 Å². The van der Waals surface area contributed by atoms with Gasteiger partial charge in [0.2, 0.25) is 10.0 Å². The summed E-state index contributed by atoms with van der Waals surface area (Å²) in [5.41, 5.74) is 1.47. The standard InChI is InChI=1S/C25H36N2O5S/c1-24(2,3)17-25(4,5)26-23(28)19-11-9-18(10-12-19)16-27(33(8,29)30)20-13-14-21(31-6)22(15-20)32-7/h9-15H,16-17H2,1-8H3,(H,26,28). The van der Waals surface area contributed by atoms with Crippen LogP contribution in [0.5, 0.6) is 11.5 Å². The number of hydrogen-bond donors (Lipinski definition) is 1. The lowest BCUT2D eigenvalue weighted by atomic mass is 9.81. The molecule has 0 aliphatic rings. The highest BCUT2D eigenvalue weighted by Gasteiger charge is 2.27. The van der Waals surface area contributed by atoms with Crippen LogP contribution < -0.4 is 19.1 Å². The lowest BCUT2D eigenvalue weighted by molar-refractivity contribution is 0.0891. The van der Waals surface area contributed by atoms with Crippen LogP contribution in [0.15, 0.2) is 42.5 Å². The Balaban J connectivity index is 2.23. The molecule has 8 heteroatoms. The fourth-order valence-electron chi connectivity index (χ4n) is 4.06. The second-order valence-corrected chi connectivity index (χ2v) is 12.0. The number of nitrogens with zero attached hydrogens (tertiary/aromatic N) is 1. The number of benzene rings is 2. The maximum atomic E-state index is 12.7. The number of nitrogens with one attached hydrogen (secondary N) is 1. The molecule has 0 heterocycles. The van der Waals surface area contributed by atoms with Gasteiger partial charge in [0.1, 0.15) is 0 Å². The van der Waals surface area contributed by atoms with E-state index in [1.165, 1.54) is 18.5 Å². The zero-order valence-electron chi connectivity index (χ0n) is 20.9. The number of anilines is 1. The van der Waals surface area contributed by atoms with Crippen molar-refractivity contribution in [3.8, 4) is 11.5 Å². The van der Waals surface area contributed by atoms with Gasteiger partial charge in [-0.25, -0.2) is 8.42 Å². The maximum absolute atomic E-state index is 12.7. The second kappa shape index (κ2) is 10.0. The maximum Gasteiger partial charge on any atom is 0.251 e. The number of amides is 1. The minimum absolute atomic E-state index is 0.0832. The first kappa shape index (κ1) is 26.5. The number of rotatable bonds is 9. The van der Waals surface area contributed by atoms with Crippen LogP contribution in [0.3, 0.4) is 0 Å². The van der Waals surface area contributed by atoms with Crippen LogP contribution in [0.4, 0.5) is 5.69 Å². The second-order valence-electron chi connectivity index (χ2n) is 10.1. The summed E-state index contributed by atoms with van der Waals surface area (Å²) < 4.78 is 36.9. The molecule has 2 aromatic rings. The van der Waals surface area contributed by atoms with Crippen molar-refractivity contribution in [1.29, 1.82) is 0 Å². The molecule has 0 aliphatic carbocycles. The Morgan fingerprint density at radius 3 is 2.00 bits per heavy atom. The minimum Gasteiger partial charge on any atom is -0.493 e. The predicted octanol–water partition coefficient (Wildman–Crippen LogP) is 4.61. The predicted molar refractivity (Wildman–Crippen MR) is 133 cm³/mol. The van der Waals surface area contributed by atoms with Crippen LogP contribution in [0.2, 0.25) is 0 Å². The third-order valence-corrected chi connectivity index (χ3v) is 6.16. The van der Waals surface area contributed by atoms with Gasteiger partial charge in [0.25, 0.3) is 5.91 Å². The van der Waals surface area contributed by atoms with Crippen molar-refractivity contribution in [3.05, 3.63) is 53.6 Å². The molecule has 1 N–H and O–H groups in total. The molecular weight excluding hydrogens is 440 g/mol. The molecule has 0 radical (unpaired) electrons. The average Bonchev–Trinajstić information content (AvgIpc) is 2.68. The van der Waals surface area contributed by atoms with Crippen LogP contribution in [0.1, 0.15) is 57.0 Å². The first-order chi connectivity index (χ1) is 15.1. The smallest absolute Gasteiger partial charge is 0.251 e. The van der Waals surface area contributed by atoms with E-state index >= 15 is 0 Å². The van der Waals surface area contributed by atoms with E-state index in [1.807, 2.05) is 13.8 Å². The van der Waals surface area contributed by atoms with E-state index in [2.05, 4.69) is 26.1 Å². The zero-order valence-corrected chi connectivity index (χ0v) is 21.7. The highest BCUT2D eigenvalue weighted by molar-refractivity contribution is 7.92. The van der Waals surface area contributed by atoms with Crippen LogP contribution in [0, 0.1) is 5.41 Å². The summed E-state index contributed by atoms with van der Waals surface area (Å²) in [6, 6.07) is 11.9. The van der Waals surface area contributed by atoms with Gasteiger partial charge in [0.05, 0.1) is 32.7 Å². The van der Waals surface area contributed by atoms with Crippen molar-refractivity contribution in [1.82, 2.24) is 5.32 Å². The number of carbonyl (C=O) groups is 1. The SMILES string of the molecule is COc1ccc(N(Cc2ccc(C(=O)NC(C)(C)CC(C)(C)C)cc2)S(C)(=O)=O)cc1OC. The van der Waals surface area contributed by atoms with Crippen molar-refractivity contribution in [2.75, 3.05) is 24.8 Å². The molecular formula is C25H36N2O5S. The van der Waals surface area contributed by atoms with Gasteiger partial charge in [0.15, 0.2) is 11.5 Å². The molecule has 0 atom stereocenters. The minimum atomic E-state index is -3.57.